The van der Waals surface area contributed by atoms with Crippen LogP contribution in [0.3, 0.4) is 0 Å². The van der Waals surface area contributed by atoms with E-state index < -0.39 is 5.82 Å². The Morgan fingerprint density at radius 3 is 2.82 bits per heavy atom. The fraction of sp³-hybridized carbons (Fsp3) is 0.400. The smallest absolute Gasteiger partial charge is 0.321 e. The van der Waals surface area contributed by atoms with Crippen molar-refractivity contribution in [1.29, 1.82) is 0 Å². The van der Waals surface area contributed by atoms with Crippen molar-refractivity contribution in [2.45, 2.75) is 33.1 Å². The molecule has 28 heavy (non-hydrogen) atoms. The summed E-state index contributed by atoms with van der Waals surface area (Å²) in [6.07, 6.45) is 6.21. The quantitative estimate of drug-likeness (QED) is 0.746. The Bertz CT molecular complexity index is 1010. The largest absolute Gasteiger partial charge is 0.325 e. The highest BCUT2D eigenvalue weighted by Crippen LogP contribution is 2.26. The van der Waals surface area contributed by atoms with E-state index in [9.17, 15) is 9.18 Å². The van der Waals surface area contributed by atoms with E-state index in [1.807, 2.05) is 0 Å². The molecular formula is C20H23FN6O. The molecule has 0 atom stereocenters. The van der Waals surface area contributed by atoms with Gasteiger partial charge in [-0.25, -0.2) is 23.7 Å². The minimum absolute atomic E-state index is 0.160. The third-order valence-electron chi connectivity index (χ3n) is 4.74. The van der Waals surface area contributed by atoms with Crippen LogP contribution in [0.4, 0.5) is 14.9 Å². The molecule has 1 aliphatic heterocycles. The fourth-order valence-electron chi connectivity index (χ4n) is 3.38. The van der Waals surface area contributed by atoms with Gasteiger partial charge in [0.1, 0.15) is 5.82 Å². The molecule has 4 rings (SSSR count). The molecule has 2 amide bonds. The summed E-state index contributed by atoms with van der Waals surface area (Å²) in [5.74, 6) is 0.460. The first-order chi connectivity index (χ1) is 13.5. The third-order valence-corrected chi connectivity index (χ3v) is 4.74. The molecule has 0 aliphatic carbocycles. The van der Waals surface area contributed by atoms with E-state index in [2.05, 4.69) is 34.2 Å². The lowest BCUT2D eigenvalue weighted by Crippen LogP contribution is -2.32. The number of likely N-dealkylation sites (tertiary alicyclic amines) is 1. The zero-order valence-electron chi connectivity index (χ0n) is 16.0. The van der Waals surface area contributed by atoms with Crippen molar-refractivity contribution in [2.24, 2.45) is 5.92 Å². The van der Waals surface area contributed by atoms with E-state index in [1.165, 1.54) is 6.07 Å². The lowest BCUT2D eigenvalue weighted by molar-refractivity contribution is 0.222. The summed E-state index contributed by atoms with van der Waals surface area (Å²) in [6, 6.07) is 4.33. The first-order valence-electron chi connectivity index (χ1n) is 9.57. The average molecular weight is 382 g/mol. The Hall–Kier alpha value is -3.03. The summed E-state index contributed by atoms with van der Waals surface area (Å²) >= 11 is 0. The van der Waals surface area contributed by atoms with Gasteiger partial charge in [0.05, 0.1) is 23.8 Å². The average Bonchev–Trinajstić information content (AvgIpc) is 3.32. The van der Waals surface area contributed by atoms with Crippen LogP contribution in [0.5, 0.6) is 0 Å². The van der Waals surface area contributed by atoms with Crippen molar-refractivity contribution in [1.82, 2.24) is 24.5 Å². The fourth-order valence-corrected chi connectivity index (χ4v) is 3.38. The number of halogens is 1. The lowest BCUT2D eigenvalue weighted by Gasteiger charge is -2.16. The van der Waals surface area contributed by atoms with Crippen molar-refractivity contribution >= 4 is 17.5 Å². The minimum atomic E-state index is -0.412. The Labute approximate surface area is 162 Å². The third kappa shape index (κ3) is 3.81. The number of urea groups is 1. The second kappa shape index (κ2) is 7.53. The van der Waals surface area contributed by atoms with Crippen LogP contribution in [0.25, 0.3) is 17.0 Å². The number of fused-ring (bicyclic) bond motifs is 1. The van der Waals surface area contributed by atoms with Gasteiger partial charge in [-0.3, -0.25) is 0 Å². The molecule has 7 nitrogen and oxygen atoms in total. The van der Waals surface area contributed by atoms with Crippen LogP contribution in [-0.4, -0.2) is 43.6 Å². The van der Waals surface area contributed by atoms with Gasteiger partial charge in [0.15, 0.2) is 0 Å². The first kappa shape index (κ1) is 18.3. The maximum absolute atomic E-state index is 14.5. The van der Waals surface area contributed by atoms with E-state index >= 15 is 0 Å². The van der Waals surface area contributed by atoms with E-state index in [0.29, 0.717) is 28.6 Å². The monoisotopic (exact) mass is 382 g/mol. The second-order valence-electron chi connectivity index (χ2n) is 7.54. The Morgan fingerprint density at radius 1 is 1.29 bits per heavy atom. The molecule has 0 radical (unpaired) electrons. The van der Waals surface area contributed by atoms with Crippen LogP contribution in [0.1, 0.15) is 32.4 Å². The first-order valence-corrected chi connectivity index (χ1v) is 9.57. The predicted octanol–water partition coefficient (Wildman–Crippen LogP) is 3.76. The number of rotatable bonds is 4. The number of benzene rings is 1. The predicted molar refractivity (Wildman–Crippen MR) is 105 cm³/mol. The van der Waals surface area contributed by atoms with E-state index in [4.69, 9.17) is 0 Å². The molecule has 146 valence electrons. The van der Waals surface area contributed by atoms with Gasteiger partial charge in [-0.2, -0.15) is 5.10 Å². The summed E-state index contributed by atoms with van der Waals surface area (Å²) in [6.45, 7) is 5.73. The Morgan fingerprint density at radius 2 is 2.07 bits per heavy atom. The van der Waals surface area contributed by atoms with Crippen LogP contribution < -0.4 is 5.32 Å². The van der Waals surface area contributed by atoms with Gasteiger partial charge >= 0.3 is 6.03 Å². The number of carbonyl (C=O) groups is 1. The summed E-state index contributed by atoms with van der Waals surface area (Å²) in [5.41, 5.74) is 2.12. The maximum atomic E-state index is 14.5. The molecule has 2 aromatic heterocycles. The summed E-state index contributed by atoms with van der Waals surface area (Å²) in [4.78, 5) is 22.8. The van der Waals surface area contributed by atoms with Crippen molar-refractivity contribution in [3.05, 3.63) is 42.1 Å². The molecule has 0 unspecified atom stereocenters. The van der Waals surface area contributed by atoms with Gasteiger partial charge < -0.3 is 10.2 Å². The summed E-state index contributed by atoms with van der Waals surface area (Å²) in [7, 11) is 0. The van der Waals surface area contributed by atoms with E-state index in [0.717, 1.165) is 38.0 Å². The van der Waals surface area contributed by atoms with Gasteiger partial charge in [0.25, 0.3) is 5.78 Å². The number of carbonyl (C=O) groups excluding carboxylic acids is 1. The van der Waals surface area contributed by atoms with E-state index in [-0.39, 0.29) is 6.03 Å². The normalized spacial score (nSPS) is 14.2. The molecule has 0 saturated carbocycles. The van der Waals surface area contributed by atoms with Crippen molar-refractivity contribution in [2.75, 3.05) is 18.4 Å². The molecule has 1 aromatic carbocycles. The highest BCUT2D eigenvalue weighted by atomic mass is 19.1. The SMILES string of the molecule is CC(C)Cc1cnc2nc(-c3cc(NC(=O)N4CCCC4)ccc3F)cn2n1. The van der Waals surface area contributed by atoms with Gasteiger partial charge in [-0.1, -0.05) is 13.8 Å². The molecule has 8 heteroatoms. The number of imidazole rings is 1. The lowest BCUT2D eigenvalue weighted by atomic mass is 10.1. The molecule has 3 aromatic rings. The van der Waals surface area contributed by atoms with Crippen LogP contribution in [-0.2, 0) is 6.42 Å². The molecule has 0 spiro atoms. The van der Waals surface area contributed by atoms with Crippen molar-refractivity contribution in [3.63, 3.8) is 0 Å². The standard InChI is InChI=1S/C20H23FN6O/c1-13(2)9-15-11-22-19-24-18(12-27(19)25-15)16-10-14(5-6-17(16)21)23-20(28)26-7-3-4-8-26/h5-6,10-13H,3-4,7-9H2,1-2H3,(H,23,28). The molecule has 0 bridgehead atoms. The molecule has 1 fully saturated rings. The molecular weight excluding hydrogens is 359 g/mol. The highest BCUT2D eigenvalue weighted by Gasteiger charge is 2.19. The number of aromatic nitrogens is 4. The van der Waals surface area contributed by atoms with Crippen LogP contribution >= 0.6 is 0 Å². The molecule has 1 N–H and O–H groups in total. The Kier molecular flexibility index (Phi) is 4.93. The van der Waals surface area contributed by atoms with Gasteiger partial charge in [-0.05, 0) is 43.4 Å². The van der Waals surface area contributed by atoms with Crippen molar-refractivity contribution < 1.29 is 9.18 Å². The zero-order chi connectivity index (χ0) is 19.7. The molecule has 3 heterocycles. The number of anilines is 1. The van der Waals surface area contributed by atoms with Gasteiger partial charge in [0.2, 0.25) is 0 Å². The van der Waals surface area contributed by atoms with Crippen LogP contribution in [0.2, 0.25) is 0 Å². The highest BCUT2D eigenvalue weighted by molar-refractivity contribution is 5.90. The van der Waals surface area contributed by atoms with E-state index in [1.54, 1.807) is 33.9 Å². The second-order valence-corrected chi connectivity index (χ2v) is 7.54. The van der Waals surface area contributed by atoms with Gasteiger partial charge in [0, 0.05) is 24.3 Å². The maximum Gasteiger partial charge on any atom is 0.321 e. The number of nitrogens with one attached hydrogen (secondary N) is 1. The molecule has 1 aliphatic rings. The van der Waals surface area contributed by atoms with Crippen LogP contribution in [0, 0.1) is 11.7 Å². The topological polar surface area (TPSA) is 75.4 Å². The number of hydrogen-bond acceptors (Lipinski definition) is 4. The number of nitrogens with zero attached hydrogens (tertiary/aromatic N) is 5. The molecule has 1 saturated heterocycles. The zero-order valence-corrected chi connectivity index (χ0v) is 16.0. The Balaban J connectivity index is 1.61. The van der Waals surface area contributed by atoms with Gasteiger partial charge in [-0.15, -0.1) is 0 Å². The minimum Gasteiger partial charge on any atom is -0.325 e. The van der Waals surface area contributed by atoms with Crippen molar-refractivity contribution in [3.8, 4) is 11.3 Å². The number of hydrogen-bond donors (Lipinski definition) is 1. The number of amides is 2. The van der Waals surface area contributed by atoms with Crippen LogP contribution in [0.15, 0.2) is 30.6 Å². The summed E-state index contributed by atoms with van der Waals surface area (Å²) < 4.78 is 16.0. The summed E-state index contributed by atoms with van der Waals surface area (Å²) in [5, 5.41) is 7.35.